The first-order chi connectivity index (χ1) is 32.2. The Bertz CT molecular complexity index is 1810. The van der Waals surface area contributed by atoms with Gasteiger partial charge in [-0.1, -0.05) is 25.5 Å². The highest BCUT2D eigenvalue weighted by atomic mass is 32.2. The number of hydrogen-bond donors (Lipinski definition) is 13. The van der Waals surface area contributed by atoms with Gasteiger partial charge >= 0.3 is 0 Å². The lowest BCUT2D eigenvalue weighted by Gasteiger charge is -2.41. The van der Waals surface area contributed by atoms with E-state index in [0.717, 1.165) is 11.8 Å². The largest absolute Gasteiger partial charge is 0.508 e. The minimum absolute atomic E-state index is 0.0102. The third-order valence-electron chi connectivity index (χ3n) is 11.7. The predicted molar refractivity (Wildman–Crippen MR) is 253 cm³/mol. The van der Waals surface area contributed by atoms with Crippen molar-refractivity contribution in [3.63, 3.8) is 0 Å². The number of unbranched alkanes of at least 4 members (excludes halogenated alkanes) is 2. The summed E-state index contributed by atoms with van der Waals surface area (Å²) in [4.78, 5) is 103. The number of phenolic OH excluding ortho intramolecular Hbond substituents is 1. The fourth-order valence-corrected chi connectivity index (χ4v) is 9.16. The van der Waals surface area contributed by atoms with Gasteiger partial charge in [0.25, 0.3) is 0 Å². The normalized spacial score (nSPS) is 22.6. The highest BCUT2D eigenvalue weighted by Crippen LogP contribution is 2.25. The van der Waals surface area contributed by atoms with Gasteiger partial charge in [0.2, 0.25) is 47.3 Å². The molecule has 2 unspecified atom stereocenters. The second kappa shape index (κ2) is 28.4. The second-order valence-electron chi connectivity index (χ2n) is 17.1. The molecule has 1 aromatic carbocycles. The summed E-state index contributed by atoms with van der Waals surface area (Å²) in [6, 6.07) is 4.38. The van der Waals surface area contributed by atoms with Gasteiger partial charge in [-0.3, -0.25) is 53.9 Å². The number of amides is 8. The Hall–Kier alpha value is -4.91. The number of nitrogens with zero attached hydrogens (tertiary/aromatic N) is 1. The Morgan fingerprint density at radius 2 is 1.27 bits per heavy atom. The fourth-order valence-electron chi connectivity index (χ4n) is 7.95. The SMILES string of the molecule is CCC(=O)NC12CNCCNCC(NC(=O)CCCC(=O)NC(Cc3ccc(O)cc3)C(=O)NCCCCCC(=O)N[C@@H](CSC3CC(=O)N(CC)C3=O)C(N)=O)(CNCCNC1)NCCN2. The Kier molecular flexibility index (Phi) is 23.2. The molecule has 374 valence electrons. The average Bonchev–Trinajstić information content (AvgIpc) is 3.57. The van der Waals surface area contributed by atoms with Crippen molar-refractivity contribution >= 4 is 59.0 Å². The molecule has 3 aliphatic rings. The van der Waals surface area contributed by atoms with Crippen LogP contribution in [0.5, 0.6) is 5.75 Å². The molecule has 4 rings (SSSR count). The maximum atomic E-state index is 13.5. The molecule has 0 aliphatic carbocycles. The van der Waals surface area contributed by atoms with E-state index in [-0.39, 0.29) is 92.7 Å². The Morgan fingerprint density at radius 3 is 1.81 bits per heavy atom. The van der Waals surface area contributed by atoms with E-state index in [1.807, 2.05) is 6.92 Å². The summed E-state index contributed by atoms with van der Waals surface area (Å²) in [5.74, 6) is -2.74. The van der Waals surface area contributed by atoms with Crippen LogP contribution in [0.4, 0.5) is 0 Å². The molecule has 0 spiro atoms. The zero-order valence-corrected chi connectivity index (χ0v) is 39.8. The van der Waals surface area contributed by atoms with Crippen molar-refractivity contribution in [2.24, 2.45) is 5.73 Å². The van der Waals surface area contributed by atoms with Crippen molar-refractivity contribution in [1.82, 2.24) is 63.4 Å². The summed E-state index contributed by atoms with van der Waals surface area (Å²) in [7, 11) is 0. The molecule has 14 N–H and O–H groups in total. The van der Waals surface area contributed by atoms with Gasteiger partial charge in [-0.2, -0.15) is 0 Å². The van der Waals surface area contributed by atoms with Crippen LogP contribution in [0.1, 0.15) is 77.2 Å². The van der Waals surface area contributed by atoms with Crippen molar-refractivity contribution in [2.75, 3.05) is 84.3 Å². The molecule has 8 amide bonds. The molecule has 3 atom stereocenters. The van der Waals surface area contributed by atoms with E-state index in [0.29, 0.717) is 96.7 Å². The summed E-state index contributed by atoms with van der Waals surface area (Å²) in [5.41, 5.74) is 4.65. The smallest absolute Gasteiger partial charge is 0.242 e. The maximum Gasteiger partial charge on any atom is 0.242 e. The van der Waals surface area contributed by atoms with Crippen LogP contribution in [-0.4, -0.2) is 170 Å². The summed E-state index contributed by atoms with van der Waals surface area (Å²) in [6.45, 7) is 9.41. The van der Waals surface area contributed by atoms with Crippen LogP contribution in [-0.2, 0) is 44.8 Å². The number of hydrogen-bond acceptors (Lipinski definition) is 16. The molecule has 0 radical (unpaired) electrons. The van der Waals surface area contributed by atoms with E-state index in [4.69, 9.17) is 5.73 Å². The summed E-state index contributed by atoms with van der Waals surface area (Å²) in [6.07, 6.45) is 2.47. The van der Waals surface area contributed by atoms with Gasteiger partial charge in [-0.05, 0) is 43.9 Å². The first kappa shape index (κ1) is 54.7. The molecule has 2 bridgehead atoms. The number of fused-ring (bicyclic) bond motifs is 5. The molecular formula is C44H73N13O9S. The van der Waals surface area contributed by atoms with E-state index >= 15 is 0 Å². The van der Waals surface area contributed by atoms with Crippen LogP contribution in [0.15, 0.2) is 24.3 Å². The van der Waals surface area contributed by atoms with Gasteiger partial charge in [0.05, 0.1) is 5.25 Å². The molecule has 67 heavy (non-hydrogen) atoms. The Morgan fingerprint density at radius 1 is 0.731 bits per heavy atom. The quantitative estimate of drug-likeness (QED) is 0.0378. The topological polar surface area (TPSA) is 318 Å². The lowest BCUT2D eigenvalue weighted by Crippen LogP contribution is -2.73. The van der Waals surface area contributed by atoms with E-state index in [1.165, 1.54) is 17.0 Å². The highest BCUT2D eigenvalue weighted by molar-refractivity contribution is 8.00. The molecule has 23 heteroatoms. The van der Waals surface area contributed by atoms with Gasteiger partial charge in [0, 0.05) is 123 Å². The van der Waals surface area contributed by atoms with Crippen LogP contribution in [0.2, 0.25) is 0 Å². The monoisotopic (exact) mass is 960 g/mol. The number of imide groups is 1. The molecular weight excluding hydrogens is 887 g/mol. The third-order valence-corrected chi connectivity index (χ3v) is 13.0. The van der Waals surface area contributed by atoms with Crippen LogP contribution in [0, 0.1) is 0 Å². The highest BCUT2D eigenvalue weighted by Gasteiger charge is 2.39. The standard InChI is InChI=1S/C44H73N13O9S/c1-3-35(59)55-43-26-46-17-19-48-28-44(52-22-21-51-43,29-49-20-18-47-27-43)56-38(62)11-8-10-37(61)53-32(23-30-12-14-31(58)15-13-30)41(65)50-16-7-5-6-9-36(60)54-33(40(45)64)25-67-34-24-39(63)57(4-2)42(34)66/h12-15,32-34,46-49,51-52,58H,3-11,16-29H2,1-2H3,(H2,45,64)(H,50,65)(H,53,61)(H,54,60)(H,55,59)(H,56,62)/t32?,33-,34?,43?,44?/m0/s1. The van der Waals surface area contributed by atoms with Crippen LogP contribution in [0.25, 0.3) is 0 Å². The minimum atomic E-state index is -1.01. The lowest BCUT2D eigenvalue weighted by atomic mass is 10.0. The first-order valence-electron chi connectivity index (χ1n) is 23.5. The van der Waals surface area contributed by atoms with Gasteiger partial charge in [-0.15, -0.1) is 11.8 Å². The first-order valence-corrected chi connectivity index (χ1v) is 24.6. The van der Waals surface area contributed by atoms with Crippen LogP contribution in [0.3, 0.4) is 0 Å². The number of benzene rings is 1. The van der Waals surface area contributed by atoms with Crippen molar-refractivity contribution in [3.8, 4) is 5.75 Å². The van der Waals surface area contributed by atoms with Crippen molar-refractivity contribution in [2.45, 2.75) is 107 Å². The van der Waals surface area contributed by atoms with E-state index in [1.54, 1.807) is 19.1 Å². The number of carbonyl (C=O) groups is 8. The van der Waals surface area contributed by atoms with E-state index < -0.39 is 46.4 Å². The molecule has 1 aromatic rings. The summed E-state index contributed by atoms with van der Waals surface area (Å²) >= 11 is 1.12. The minimum Gasteiger partial charge on any atom is -0.508 e. The molecule has 0 saturated carbocycles. The number of phenols is 1. The summed E-state index contributed by atoms with van der Waals surface area (Å²) < 4.78 is 0. The van der Waals surface area contributed by atoms with Gasteiger partial charge in [0.1, 0.15) is 29.2 Å². The number of nitrogens with two attached hydrogens (primary N) is 1. The molecule has 3 heterocycles. The number of carbonyl (C=O) groups excluding carboxylic acids is 8. The number of primary amides is 1. The van der Waals surface area contributed by atoms with Gasteiger partial charge in [0.15, 0.2) is 0 Å². The zero-order chi connectivity index (χ0) is 48.7. The fraction of sp³-hybridized carbons (Fsp3) is 0.682. The molecule has 0 aromatic heterocycles. The molecule has 3 aliphatic heterocycles. The van der Waals surface area contributed by atoms with Crippen LogP contribution < -0.4 is 64.2 Å². The van der Waals surface area contributed by atoms with Gasteiger partial charge in [-0.25, -0.2) is 0 Å². The molecule has 3 fully saturated rings. The predicted octanol–water partition coefficient (Wildman–Crippen LogP) is -3.28. The van der Waals surface area contributed by atoms with Crippen molar-refractivity contribution in [1.29, 1.82) is 0 Å². The number of nitrogens with one attached hydrogen (secondary N) is 11. The molecule has 3 saturated heterocycles. The van der Waals surface area contributed by atoms with E-state index in [2.05, 4.69) is 58.5 Å². The number of thioether (sulfide) groups is 1. The van der Waals surface area contributed by atoms with Crippen molar-refractivity contribution < 1.29 is 43.5 Å². The van der Waals surface area contributed by atoms with Crippen molar-refractivity contribution in [3.05, 3.63) is 29.8 Å². The van der Waals surface area contributed by atoms with E-state index in [9.17, 15) is 43.5 Å². The van der Waals surface area contributed by atoms with Gasteiger partial charge < -0.3 is 58.7 Å². The number of aromatic hydroxyl groups is 1. The number of rotatable bonds is 23. The summed E-state index contributed by atoms with van der Waals surface area (Å²) in [5, 5.41) is 44.6. The lowest BCUT2D eigenvalue weighted by molar-refractivity contribution is -0.138. The molecule has 22 nitrogen and oxygen atoms in total. The third kappa shape index (κ3) is 19.0. The van der Waals surface area contributed by atoms with Crippen LogP contribution >= 0.6 is 11.8 Å². The maximum absolute atomic E-state index is 13.5. The Balaban J connectivity index is 1.23. The second-order valence-corrected chi connectivity index (χ2v) is 18.4. The average molecular weight is 960 g/mol. The Labute approximate surface area is 397 Å². The number of likely N-dealkylation sites (tertiary alicyclic amines) is 1. The zero-order valence-electron chi connectivity index (χ0n) is 39.0.